The van der Waals surface area contributed by atoms with E-state index in [2.05, 4.69) is 29.6 Å². The highest BCUT2D eigenvalue weighted by atomic mass is 32.2. The molecule has 0 heterocycles. The van der Waals surface area contributed by atoms with Crippen molar-refractivity contribution >= 4 is 27.1 Å². The van der Waals surface area contributed by atoms with Gasteiger partial charge >= 0.3 is 0 Å². The molecule has 7 heteroatoms. The monoisotopic (exact) mass is 390 g/mol. The lowest BCUT2D eigenvalue weighted by atomic mass is 10.2. The third-order valence-electron chi connectivity index (χ3n) is 4.36. The zero-order chi connectivity index (χ0) is 20.0. The summed E-state index contributed by atoms with van der Waals surface area (Å²) in [5.74, 6) is -0.137. The minimum atomic E-state index is -3.30. The van der Waals surface area contributed by atoms with Gasteiger partial charge in [0.1, 0.15) is 6.54 Å². The van der Waals surface area contributed by atoms with E-state index in [1.54, 1.807) is 12.1 Å². The fraction of sp³-hybridized carbons (Fsp3) is 0.350. The molecule has 0 aliphatic heterocycles. The van der Waals surface area contributed by atoms with E-state index in [1.807, 2.05) is 25.9 Å². The van der Waals surface area contributed by atoms with Crippen LogP contribution in [0, 0.1) is 0 Å². The standard InChI is InChI=1S/C20H27N3O3S/c1-5-23(14-16-9-11-18(12-10-16)22(2)3)15-20(24)21-17-7-6-8-19(13-17)27(4,25)26/h6-13H,5,14-15H2,1-4H3,(H,21,24)/p+1. The zero-order valence-electron chi connectivity index (χ0n) is 16.3. The summed E-state index contributed by atoms with van der Waals surface area (Å²) in [6.07, 6.45) is 1.15. The van der Waals surface area contributed by atoms with Crippen molar-refractivity contribution in [3.63, 3.8) is 0 Å². The topological polar surface area (TPSA) is 70.9 Å². The molecule has 6 nitrogen and oxygen atoms in total. The highest BCUT2D eigenvalue weighted by molar-refractivity contribution is 7.90. The van der Waals surface area contributed by atoms with Crippen molar-refractivity contribution in [3.05, 3.63) is 54.1 Å². The Morgan fingerprint density at radius 2 is 1.78 bits per heavy atom. The fourth-order valence-electron chi connectivity index (χ4n) is 2.75. The Morgan fingerprint density at radius 3 is 2.33 bits per heavy atom. The van der Waals surface area contributed by atoms with E-state index in [0.29, 0.717) is 12.2 Å². The maximum Gasteiger partial charge on any atom is 0.279 e. The maximum absolute atomic E-state index is 12.4. The number of benzene rings is 2. The summed E-state index contributed by atoms with van der Waals surface area (Å²) in [4.78, 5) is 15.8. The molecule has 0 saturated heterocycles. The van der Waals surface area contributed by atoms with Crippen LogP contribution >= 0.6 is 0 Å². The Hall–Kier alpha value is -2.38. The molecule has 0 aliphatic rings. The predicted molar refractivity (Wildman–Crippen MR) is 109 cm³/mol. The van der Waals surface area contributed by atoms with Gasteiger partial charge in [0.2, 0.25) is 0 Å². The second-order valence-corrected chi connectivity index (χ2v) is 8.88. The van der Waals surface area contributed by atoms with E-state index >= 15 is 0 Å². The van der Waals surface area contributed by atoms with Gasteiger partial charge in [0.05, 0.1) is 11.4 Å². The van der Waals surface area contributed by atoms with Gasteiger partial charge in [-0.2, -0.15) is 0 Å². The van der Waals surface area contributed by atoms with E-state index < -0.39 is 9.84 Å². The normalized spacial score (nSPS) is 12.4. The van der Waals surface area contributed by atoms with Gasteiger partial charge in [-0.15, -0.1) is 0 Å². The van der Waals surface area contributed by atoms with Crippen LogP contribution in [0.4, 0.5) is 11.4 Å². The molecule has 0 aliphatic carbocycles. The van der Waals surface area contributed by atoms with Crippen LogP contribution in [0.5, 0.6) is 0 Å². The number of sulfone groups is 1. The molecule has 2 aromatic carbocycles. The van der Waals surface area contributed by atoms with Gasteiger partial charge < -0.3 is 15.1 Å². The van der Waals surface area contributed by atoms with Crippen LogP contribution in [0.3, 0.4) is 0 Å². The largest absolute Gasteiger partial charge is 0.378 e. The Labute approximate surface area is 161 Å². The zero-order valence-corrected chi connectivity index (χ0v) is 17.1. The average Bonchev–Trinajstić information content (AvgIpc) is 2.61. The molecule has 0 spiro atoms. The number of hydrogen-bond acceptors (Lipinski definition) is 4. The van der Waals surface area contributed by atoms with Gasteiger partial charge in [-0.1, -0.05) is 18.2 Å². The third kappa shape index (κ3) is 6.37. The van der Waals surface area contributed by atoms with Crippen molar-refractivity contribution in [1.82, 2.24) is 0 Å². The smallest absolute Gasteiger partial charge is 0.279 e. The van der Waals surface area contributed by atoms with E-state index in [9.17, 15) is 13.2 Å². The molecule has 1 atom stereocenters. The van der Waals surface area contributed by atoms with Crippen LogP contribution < -0.4 is 15.1 Å². The molecule has 0 radical (unpaired) electrons. The summed E-state index contributed by atoms with van der Waals surface area (Å²) in [6.45, 7) is 3.92. The van der Waals surface area contributed by atoms with Crippen molar-refractivity contribution in [2.24, 2.45) is 0 Å². The van der Waals surface area contributed by atoms with E-state index in [4.69, 9.17) is 0 Å². The summed E-state index contributed by atoms with van der Waals surface area (Å²) >= 11 is 0. The van der Waals surface area contributed by atoms with Crippen LogP contribution in [0.1, 0.15) is 12.5 Å². The van der Waals surface area contributed by atoms with Gasteiger partial charge in [0.15, 0.2) is 16.4 Å². The number of amides is 1. The quantitative estimate of drug-likeness (QED) is 0.711. The lowest BCUT2D eigenvalue weighted by Crippen LogP contribution is -3.11. The van der Waals surface area contributed by atoms with Gasteiger partial charge in [0.25, 0.3) is 5.91 Å². The summed E-state index contributed by atoms with van der Waals surface area (Å²) in [7, 11) is 0.704. The molecule has 0 bridgehead atoms. The third-order valence-corrected chi connectivity index (χ3v) is 5.47. The van der Waals surface area contributed by atoms with Gasteiger partial charge in [-0.05, 0) is 37.3 Å². The number of nitrogens with zero attached hydrogens (tertiary/aromatic N) is 1. The number of nitrogens with one attached hydrogen (secondary N) is 2. The Bertz CT molecular complexity index is 878. The van der Waals surface area contributed by atoms with Crippen LogP contribution in [0.25, 0.3) is 0 Å². The lowest BCUT2D eigenvalue weighted by Gasteiger charge is -2.18. The number of anilines is 2. The first-order valence-electron chi connectivity index (χ1n) is 8.89. The van der Waals surface area contributed by atoms with Gasteiger partial charge in [-0.3, -0.25) is 4.79 Å². The SMILES string of the molecule is CC[NH+](CC(=O)Nc1cccc(S(C)(=O)=O)c1)Cc1ccc(N(C)C)cc1. The highest BCUT2D eigenvalue weighted by Gasteiger charge is 2.15. The van der Waals surface area contributed by atoms with Gasteiger partial charge in [-0.25, -0.2) is 8.42 Å². The fourth-order valence-corrected chi connectivity index (χ4v) is 3.42. The predicted octanol–water partition coefficient (Wildman–Crippen LogP) is 1.20. The number of likely N-dealkylation sites (N-methyl/N-ethyl adjacent to an activating group) is 1. The molecule has 1 amide bonds. The summed E-state index contributed by atoms with van der Waals surface area (Å²) < 4.78 is 23.3. The van der Waals surface area contributed by atoms with Crippen molar-refractivity contribution < 1.29 is 18.1 Å². The molecule has 27 heavy (non-hydrogen) atoms. The van der Waals surface area contributed by atoms with Crippen molar-refractivity contribution in [2.75, 3.05) is 43.7 Å². The molecule has 0 saturated carbocycles. The summed E-state index contributed by atoms with van der Waals surface area (Å²) in [6, 6.07) is 14.6. The number of quaternary nitrogens is 1. The first-order chi connectivity index (χ1) is 12.7. The van der Waals surface area contributed by atoms with E-state index in [0.717, 1.165) is 29.9 Å². The number of carbonyl (C=O) groups excluding carboxylic acids is 1. The molecule has 1 unspecified atom stereocenters. The molecular formula is C20H28N3O3S+. The Balaban J connectivity index is 1.98. The Kier molecular flexibility index (Phi) is 6.98. The number of carbonyl (C=O) groups is 1. The van der Waals surface area contributed by atoms with Gasteiger partial charge in [0, 0.05) is 37.3 Å². The molecule has 146 valence electrons. The number of hydrogen-bond donors (Lipinski definition) is 2. The number of rotatable bonds is 8. The van der Waals surface area contributed by atoms with Crippen LogP contribution in [0.2, 0.25) is 0 Å². The molecular weight excluding hydrogens is 362 g/mol. The minimum Gasteiger partial charge on any atom is -0.378 e. The van der Waals surface area contributed by atoms with Crippen LogP contribution in [0.15, 0.2) is 53.4 Å². The van der Waals surface area contributed by atoms with Crippen molar-refractivity contribution in [2.45, 2.75) is 18.4 Å². The first-order valence-corrected chi connectivity index (χ1v) is 10.8. The first kappa shape index (κ1) is 20.9. The molecule has 2 aromatic rings. The molecule has 2 rings (SSSR count). The highest BCUT2D eigenvalue weighted by Crippen LogP contribution is 2.15. The second-order valence-electron chi connectivity index (χ2n) is 6.87. The van der Waals surface area contributed by atoms with Crippen LogP contribution in [-0.4, -0.2) is 47.8 Å². The summed E-state index contributed by atoms with van der Waals surface area (Å²) in [5, 5.41) is 2.80. The van der Waals surface area contributed by atoms with Crippen molar-refractivity contribution in [3.8, 4) is 0 Å². The minimum absolute atomic E-state index is 0.137. The van der Waals surface area contributed by atoms with Crippen molar-refractivity contribution in [1.29, 1.82) is 0 Å². The lowest BCUT2D eigenvalue weighted by molar-refractivity contribution is -0.903. The molecule has 2 N–H and O–H groups in total. The van der Waals surface area contributed by atoms with Crippen LogP contribution in [-0.2, 0) is 21.2 Å². The van der Waals surface area contributed by atoms with E-state index in [1.165, 1.54) is 17.7 Å². The Morgan fingerprint density at radius 1 is 1.11 bits per heavy atom. The second kappa shape index (κ2) is 9.01. The summed E-state index contributed by atoms with van der Waals surface area (Å²) in [5.41, 5.74) is 2.80. The van der Waals surface area contributed by atoms with E-state index in [-0.39, 0.29) is 10.8 Å². The average molecular weight is 391 g/mol. The molecule has 0 aromatic heterocycles. The molecule has 0 fully saturated rings. The maximum atomic E-state index is 12.4.